The second-order valence-corrected chi connectivity index (χ2v) is 22.5. The molecule has 2 spiro atoms. The summed E-state index contributed by atoms with van der Waals surface area (Å²) in [6.07, 6.45) is 0. The predicted molar refractivity (Wildman–Crippen MR) is 333 cm³/mol. The number of hydrogen-bond donors (Lipinski definition) is 0. The average Bonchev–Trinajstić information content (AvgIpc) is 4.07. The Morgan fingerprint density at radius 2 is 0.827 bits per heavy atom. The third kappa shape index (κ3) is 5.34. The Hall–Kier alpha value is -10.5. The molecule has 374 valence electrons. The van der Waals surface area contributed by atoms with E-state index in [9.17, 15) is 0 Å². The van der Waals surface area contributed by atoms with E-state index in [1.54, 1.807) is 0 Å². The van der Waals surface area contributed by atoms with Crippen LogP contribution in [-0.4, -0.2) is 4.57 Å². The number of aromatic nitrogens is 1. The number of benzene rings is 13. The number of fused-ring (bicyclic) bond motifs is 27. The van der Waals surface area contributed by atoms with Crippen LogP contribution < -0.4 is 4.90 Å². The van der Waals surface area contributed by atoms with Crippen molar-refractivity contribution in [1.82, 2.24) is 4.57 Å². The maximum absolute atomic E-state index is 6.64. The lowest BCUT2D eigenvalue weighted by molar-refractivity contribution is 0.670. The standard InChI is InChI=1S/C78H46N2O/c1-2-18-52-47(17-1)37-44-67-74(52)62-43-41-51(46-70(62)77(67)63-27-8-3-19-54(63)55-20-4-9-28-64(55)77)79(49-38-35-48(36-39-49)53-24-15-26-61-59-23-7-14-34-73(59)81-76(53)61)50-40-42-57-56-21-5-10-29-65(56)78(69(57)45-50)66-30-11-13-33-72(66)80-71-32-12-6-22-58(71)60-25-16-31-68(78)75(60)80/h1-46H. The van der Waals surface area contributed by atoms with E-state index in [2.05, 4.69) is 282 Å². The Morgan fingerprint density at radius 1 is 0.309 bits per heavy atom. The zero-order valence-electron chi connectivity index (χ0n) is 43.9. The number of anilines is 3. The van der Waals surface area contributed by atoms with Crippen LogP contribution in [-0.2, 0) is 10.8 Å². The summed E-state index contributed by atoms with van der Waals surface area (Å²) in [6.45, 7) is 0. The summed E-state index contributed by atoms with van der Waals surface area (Å²) in [6, 6.07) is 105. The predicted octanol–water partition coefficient (Wildman–Crippen LogP) is 20.0. The minimum atomic E-state index is -0.620. The van der Waals surface area contributed by atoms with E-state index in [1.165, 1.54) is 116 Å². The average molecular weight is 1030 g/mol. The molecule has 3 heteroatoms. The number of nitrogens with zero attached hydrogens (tertiary/aromatic N) is 2. The second kappa shape index (κ2) is 15.6. The fraction of sp³-hybridized carbons (Fsp3) is 0.0256. The summed E-state index contributed by atoms with van der Waals surface area (Å²) in [7, 11) is 0. The summed E-state index contributed by atoms with van der Waals surface area (Å²) in [4.78, 5) is 2.52. The zero-order valence-corrected chi connectivity index (χ0v) is 43.9. The first-order valence-corrected chi connectivity index (χ1v) is 28.2. The van der Waals surface area contributed by atoms with Crippen molar-refractivity contribution in [2.75, 3.05) is 4.90 Å². The van der Waals surface area contributed by atoms with E-state index < -0.39 is 10.8 Å². The topological polar surface area (TPSA) is 21.3 Å². The Morgan fingerprint density at radius 3 is 1.58 bits per heavy atom. The summed E-state index contributed by atoms with van der Waals surface area (Å²) < 4.78 is 9.18. The van der Waals surface area contributed by atoms with Crippen molar-refractivity contribution in [2.24, 2.45) is 0 Å². The summed E-state index contributed by atoms with van der Waals surface area (Å²) in [5.41, 5.74) is 27.9. The Labute approximate surface area is 467 Å². The van der Waals surface area contributed by atoms with Gasteiger partial charge in [0.25, 0.3) is 0 Å². The normalized spacial score (nSPS) is 15.3. The van der Waals surface area contributed by atoms with Crippen molar-refractivity contribution in [1.29, 1.82) is 0 Å². The van der Waals surface area contributed by atoms with Crippen LogP contribution in [0.2, 0.25) is 0 Å². The smallest absolute Gasteiger partial charge is 0.143 e. The molecule has 1 aliphatic heterocycles. The van der Waals surface area contributed by atoms with Crippen LogP contribution >= 0.6 is 0 Å². The molecule has 0 amide bonds. The fourth-order valence-electron chi connectivity index (χ4n) is 15.9. The van der Waals surface area contributed by atoms with Crippen molar-refractivity contribution in [3.05, 3.63) is 324 Å². The van der Waals surface area contributed by atoms with Crippen molar-refractivity contribution >= 4 is 71.6 Å². The van der Waals surface area contributed by atoms with Gasteiger partial charge < -0.3 is 13.9 Å². The molecule has 3 nitrogen and oxygen atoms in total. The van der Waals surface area contributed by atoms with Crippen molar-refractivity contribution in [2.45, 2.75) is 10.8 Å². The highest BCUT2D eigenvalue weighted by Crippen LogP contribution is 2.66. The molecule has 0 saturated heterocycles. The van der Waals surface area contributed by atoms with Gasteiger partial charge in [-0.3, -0.25) is 0 Å². The fourth-order valence-corrected chi connectivity index (χ4v) is 15.9. The van der Waals surface area contributed by atoms with Gasteiger partial charge in [-0.1, -0.05) is 224 Å². The summed E-state index contributed by atoms with van der Waals surface area (Å²) in [5.74, 6) is 0. The van der Waals surface area contributed by atoms with Crippen LogP contribution in [0.3, 0.4) is 0 Å². The maximum Gasteiger partial charge on any atom is 0.143 e. The molecule has 0 bridgehead atoms. The highest BCUT2D eigenvalue weighted by molar-refractivity contribution is 6.14. The molecule has 2 aromatic heterocycles. The monoisotopic (exact) mass is 1030 g/mol. The number of furan rings is 1. The highest BCUT2D eigenvalue weighted by Gasteiger charge is 2.53. The quantitative estimate of drug-likeness (QED) is 0.175. The second-order valence-electron chi connectivity index (χ2n) is 22.5. The van der Waals surface area contributed by atoms with Gasteiger partial charge in [0.15, 0.2) is 0 Å². The van der Waals surface area contributed by atoms with Crippen molar-refractivity contribution < 1.29 is 4.42 Å². The lowest BCUT2D eigenvalue weighted by Crippen LogP contribution is -2.33. The van der Waals surface area contributed by atoms with Gasteiger partial charge in [0.05, 0.1) is 27.6 Å². The molecule has 4 aliphatic rings. The zero-order chi connectivity index (χ0) is 52.7. The third-order valence-electron chi connectivity index (χ3n) is 19.0. The molecule has 0 N–H and O–H groups in total. The number of rotatable bonds is 4. The molecular formula is C78H46N2O. The Kier molecular flexibility index (Phi) is 8.39. The number of hydrogen-bond acceptors (Lipinski definition) is 2. The molecule has 3 aliphatic carbocycles. The van der Waals surface area contributed by atoms with E-state index in [-0.39, 0.29) is 0 Å². The van der Waals surface area contributed by atoms with E-state index in [0.29, 0.717) is 0 Å². The molecule has 1 unspecified atom stereocenters. The van der Waals surface area contributed by atoms with Gasteiger partial charge in [-0.25, -0.2) is 0 Å². The summed E-state index contributed by atoms with van der Waals surface area (Å²) in [5, 5.41) is 7.32. The van der Waals surface area contributed by atoms with Crippen LogP contribution in [0.5, 0.6) is 0 Å². The van der Waals surface area contributed by atoms with Crippen LogP contribution in [0.15, 0.2) is 283 Å². The van der Waals surface area contributed by atoms with E-state index in [4.69, 9.17) is 4.42 Å². The molecule has 19 rings (SSSR count). The Balaban J connectivity index is 0.888. The molecule has 13 aromatic carbocycles. The first-order valence-electron chi connectivity index (χ1n) is 28.2. The first kappa shape index (κ1) is 43.5. The minimum absolute atomic E-state index is 0.550. The molecule has 0 radical (unpaired) electrons. The van der Waals surface area contributed by atoms with Crippen LogP contribution in [0, 0.1) is 0 Å². The minimum Gasteiger partial charge on any atom is -0.455 e. The van der Waals surface area contributed by atoms with Crippen LogP contribution in [0.4, 0.5) is 17.1 Å². The van der Waals surface area contributed by atoms with E-state index >= 15 is 0 Å². The largest absolute Gasteiger partial charge is 0.455 e. The lowest BCUT2D eigenvalue weighted by Gasteiger charge is -2.40. The van der Waals surface area contributed by atoms with Crippen LogP contribution in [0.1, 0.15) is 44.5 Å². The van der Waals surface area contributed by atoms with Crippen molar-refractivity contribution in [3.63, 3.8) is 0 Å². The molecule has 0 fully saturated rings. The molecule has 15 aromatic rings. The van der Waals surface area contributed by atoms with E-state index in [0.717, 1.165) is 50.1 Å². The van der Waals surface area contributed by atoms with E-state index in [1.807, 2.05) is 6.07 Å². The molecular weight excluding hydrogens is 981 g/mol. The molecule has 1 atom stereocenters. The Bertz CT molecular complexity index is 5220. The van der Waals surface area contributed by atoms with Gasteiger partial charge in [0.1, 0.15) is 11.2 Å². The number of para-hydroxylation sites is 5. The molecule has 81 heavy (non-hydrogen) atoms. The van der Waals surface area contributed by atoms with Gasteiger partial charge in [-0.05, 0) is 149 Å². The SMILES string of the molecule is c1ccc2c(c1)-c1ccccc1C21c2cc(N(c3ccc(-c4cccc5c4oc4ccccc45)cc3)c3ccc4c(c3)C3(c5ccccc5-4)c4ccccc4-n4c5ccccc5c5cccc3c54)ccc2-c2c1ccc1ccccc21. The van der Waals surface area contributed by atoms with Gasteiger partial charge >= 0.3 is 0 Å². The maximum atomic E-state index is 6.64. The lowest BCUT2D eigenvalue weighted by atomic mass is 9.65. The highest BCUT2D eigenvalue weighted by atomic mass is 16.3. The first-order chi connectivity index (χ1) is 40.2. The van der Waals surface area contributed by atoms with Gasteiger partial charge in [0.2, 0.25) is 0 Å². The van der Waals surface area contributed by atoms with Crippen LogP contribution in [0.25, 0.3) is 105 Å². The molecule has 0 saturated carbocycles. The van der Waals surface area contributed by atoms with Gasteiger partial charge in [-0.15, -0.1) is 0 Å². The van der Waals surface area contributed by atoms with Gasteiger partial charge in [-0.2, -0.15) is 0 Å². The summed E-state index contributed by atoms with van der Waals surface area (Å²) >= 11 is 0. The van der Waals surface area contributed by atoms with Gasteiger partial charge in [0, 0.05) is 44.2 Å². The molecule has 3 heterocycles. The third-order valence-corrected chi connectivity index (χ3v) is 19.0. The van der Waals surface area contributed by atoms with Crippen molar-refractivity contribution in [3.8, 4) is 50.2 Å².